The van der Waals surface area contributed by atoms with Gasteiger partial charge < -0.3 is 15.8 Å². The number of nitrogens with one attached hydrogen (secondary N) is 1. The maximum Gasteiger partial charge on any atom is 0.222 e. The average Bonchev–Trinajstić information content (AvgIpc) is 2.61. The SMILES string of the molecule is CCC1CC2(CCO1)CNCC2C(N)=O. The predicted octanol–water partition coefficient (Wildman–Crippen LogP) is 0.267. The fourth-order valence-electron chi connectivity index (χ4n) is 2.99. The highest BCUT2D eigenvalue weighted by Gasteiger charge is 2.48. The van der Waals surface area contributed by atoms with Crippen LogP contribution >= 0.6 is 0 Å². The molecule has 0 aromatic rings. The number of hydrogen-bond donors (Lipinski definition) is 2. The van der Waals surface area contributed by atoms with Crippen LogP contribution in [0.4, 0.5) is 0 Å². The number of primary amides is 1. The van der Waals surface area contributed by atoms with Crippen molar-refractivity contribution in [3.63, 3.8) is 0 Å². The molecule has 1 spiro atoms. The fraction of sp³-hybridized carbons (Fsp3) is 0.909. The minimum absolute atomic E-state index is 0.00421. The highest BCUT2D eigenvalue weighted by Crippen LogP contribution is 2.43. The van der Waals surface area contributed by atoms with E-state index in [0.717, 1.165) is 39.0 Å². The fourth-order valence-corrected chi connectivity index (χ4v) is 2.99. The van der Waals surface area contributed by atoms with Gasteiger partial charge in [0.15, 0.2) is 0 Å². The van der Waals surface area contributed by atoms with Crippen molar-refractivity contribution < 1.29 is 9.53 Å². The first kappa shape index (κ1) is 10.9. The quantitative estimate of drug-likeness (QED) is 0.690. The second kappa shape index (κ2) is 4.10. The molecule has 0 saturated carbocycles. The molecule has 4 nitrogen and oxygen atoms in total. The monoisotopic (exact) mass is 212 g/mol. The minimum atomic E-state index is -0.156. The first-order valence-electron chi connectivity index (χ1n) is 5.79. The molecule has 86 valence electrons. The van der Waals surface area contributed by atoms with Crippen molar-refractivity contribution >= 4 is 5.91 Å². The molecule has 2 saturated heterocycles. The first-order valence-corrected chi connectivity index (χ1v) is 5.79. The number of hydrogen-bond acceptors (Lipinski definition) is 3. The molecule has 2 heterocycles. The summed E-state index contributed by atoms with van der Waals surface area (Å²) in [7, 11) is 0. The molecule has 2 fully saturated rings. The van der Waals surface area contributed by atoms with E-state index in [-0.39, 0.29) is 17.2 Å². The van der Waals surface area contributed by atoms with E-state index in [0.29, 0.717) is 6.10 Å². The second-order valence-electron chi connectivity index (χ2n) is 4.80. The van der Waals surface area contributed by atoms with Gasteiger partial charge in [0.25, 0.3) is 0 Å². The molecule has 15 heavy (non-hydrogen) atoms. The van der Waals surface area contributed by atoms with Gasteiger partial charge in [-0.15, -0.1) is 0 Å². The summed E-state index contributed by atoms with van der Waals surface area (Å²) in [5, 5.41) is 3.30. The maximum atomic E-state index is 11.4. The summed E-state index contributed by atoms with van der Waals surface area (Å²) >= 11 is 0. The van der Waals surface area contributed by atoms with Crippen molar-refractivity contribution in [3.8, 4) is 0 Å². The highest BCUT2D eigenvalue weighted by atomic mass is 16.5. The molecule has 0 radical (unpaired) electrons. The Morgan fingerprint density at radius 1 is 1.67 bits per heavy atom. The summed E-state index contributed by atoms with van der Waals surface area (Å²) < 4.78 is 5.66. The third kappa shape index (κ3) is 1.88. The molecule has 2 rings (SSSR count). The second-order valence-corrected chi connectivity index (χ2v) is 4.80. The van der Waals surface area contributed by atoms with Crippen molar-refractivity contribution in [2.75, 3.05) is 19.7 Å². The van der Waals surface area contributed by atoms with Gasteiger partial charge in [-0.25, -0.2) is 0 Å². The van der Waals surface area contributed by atoms with Gasteiger partial charge in [0.1, 0.15) is 0 Å². The van der Waals surface area contributed by atoms with Crippen molar-refractivity contribution in [1.29, 1.82) is 0 Å². The third-order valence-electron chi connectivity index (χ3n) is 3.95. The summed E-state index contributed by atoms with van der Waals surface area (Å²) in [5.41, 5.74) is 5.54. The lowest BCUT2D eigenvalue weighted by atomic mass is 9.70. The largest absolute Gasteiger partial charge is 0.378 e. The van der Waals surface area contributed by atoms with E-state index in [1.54, 1.807) is 0 Å². The Morgan fingerprint density at radius 3 is 3.13 bits per heavy atom. The van der Waals surface area contributed by atoms with Crippen molar-refractivity contribution in [1.82, 2.24) is 5.32 Å². The normalized spacial score (nSPS) is 40.9. The summed E-state index contributed by atoms with van der Waals surface area (Å²) in [5.74, 6) is -0.160. The molecule has 0 aliphatic carbocycles. The van der Waals surface area contributed by atoms with E-state index in [2.05, 4.69) is 12.2 Å². The van der Waals surface area contributed by atoms with Crippen LogP contribution in [0.5, 0.6) is 0 Å². The minimum Gasteiger partial charge on any atom is -0.378 e. The zero-order valence-corrected chi connectivity index (χ0v) is 9.29. The van der Waals surface area contributed by atoms with Crippen LogP contribution in [0.3, 0.4) is 0 Å². The standard InChI is InChI=1S/C11H20N2O2/c1-2-8-5-11(3-4-15-8)7-13-6-9(11)10(12)14/h8-9,13H,2-7H2,1H3,(H2,12,14). The third-order valence-corrected chi connectivity index (χ3v) is 3.95. The van der Waals surface area contributed by atoms with Gasteiger partial charge in [-0.05, 0) is 19.3 Å². The Hall–Kier alpha value is -0.610. The lowest BCUT2D eigenvalue weighted by Crippen LogP contribution is -2.45. The van der Waals surface area contributed by atoms with Gasteiger partial charge >= 0.3 is 0 Å². The Bertz CT molecular complexity index is 257. The number of carbonyl (C=O) groups is 1. The number of ether oxygens (including phenoxy) is 1. The predicted molar refractivity (Wildman–Crippen MR) is 57.3 cm³/mol. The maximum absolute atomic E-state index is 11.4. The summed E-state index contributed by atoms with van der Waals surface area (Å²) in [6.07, 6.45) is 3.27. The Morgan fingerprint density at radius 2 is 2.47 bits per heavy atom. The van der Waals surface area contributed by atoms with Gasteiger partial charge in [-0.3, -0.25) is 4.79 Å². The molecule has 3 N–H and O–H groups in total. The number of amides is 1. The van der Waals surface area contributed by atoms with Crippen molar-refractivity contribution in [2.24, 2.45) is 17.1 Å². The highest BCUT2D eigenvalue weighted by molar-refractivity contribution is 5.78. The molecule has 3 atom stereocenters. The molecule has 2 aliphatic heterocycles. The van der Waals surface area contributed by atoms with Crippen molar-refractivity contribution in [2.45, 2.75) is 32.3 Å². The van der Waals surface area contributed by atoms with E-state index in [4.69, 9.17) is 10.5 Å². The van der Waals surface area contributed by atoms with Crippen LogP contribution in [-0.4, -0.2) is 31.7 Å². The number of carbonyl (C=O) groups excluding carboxylic acids is 1. The van der Waals surface area contributed by atoms with Crippen LogP contribution in [0, 0.1) is 11.3 Å². The van der Waals surface area contributed by atoms with E-state index in [9.17, 15) is 4.79 Å². The van der Waals surface area contributed by atoms with Crippen LogP contribution in [0.2, 0.25) is 0 Å². The summed E-state index contributed by atoms with van der Waals surface area (Å²) in [4.78, 5) is 11.4. The number of rotatable bonds is 2. The van der Waals surface area contributed by atoms with Gasteiger partial charge in [-0.2, -0.15) is 0 Å². The lowest BCUT2D eigenvalue weighted by Gasteiger charge is -2.40. The zero-order valence-electron chi connectivity index (χ0n) is 9.29. The lowest BCUT2D eigenvalue weighted by molar-refractivity contribution is -0.128. The van der Waals surface area contributed by atoms with Crippen molar-refractivity contribution in [3.05, 3.63) is 0 Å². The Labute approximate surface area is 90.5 Å². The van der Waals surface area contributed by atoms with Gasteiger partial charge in [0.2, 0.25) is 5.91 Å². The summed E-state index contributed by atoms with van der Waals surface area (Å²) in [6, 6.07) is 0. The average molecular weight is 212 g/mol. The topological polar surface area (TPSA) is 64.3 Å². The molecule has 1 amide bonds. The number of nitrogens with two attached hydrogens (primary N) is 1. The molecule has 4 heteroatoms. The molecule has 0 aromatic heterocycles. The first-order chi connectivity index (χ1) is 7.18. The van der Waals surface area contributed by atoms with Crippen LogP contribution in [0.1, 0.15) is 26.2 Å². The summed E-state index contributed by atoms with van der Waals surface area (Å²) in [6.45, 7) is 4.56. The molecule has 2 aliphatic rings. The molecular weight excluding hydrogens is 192 g/mol. The van der Waals surface area contributed by atoms with Crippen LogP contribution in [-0.2, 0) is 9.53 Å². The molecule has 0 aromatic carbocycles. The molecular formula is C11H20N2O2. The van der Waals surface area contributed by atoms with Gasteiger partial charge in [0, 0.05) is 25.1 Å². The van der Waals surface area contributed by atoms with Crippen LogP contribution < -0.4 is 11.1 Å². The Balaban J connectivity index is 2.13. The van der Waals surface area contributed by atoms with Crippen LogP contribution in [0.15, 0.2) is 0 Å². The Kier molecular flexibility index (Phi) is 2.98. The molecule has 0 bridgehead atoms. The van der Waals surface area contributed by atoms with Gasteiger partial charge in [0.05, 0.1) is 12.0 Å². The smallest absolute Gasteiger partial charge is 0.222 e. The van der Waals surface area contributed by atoms with Crippen LogP contribution in [0.25, 0.3) is 0 Å². The molecule has 3 unspecified atom stereocenters. The zero-order chi connectivity index (χ0) is 10.9. The van der Waals surface area contributed by atoms with Gasteiger partial charge in [-0.1, -0.05) is 6.92 Å². The van der Waals surface area contributed by atoms with E-state index in [1.165, 1.54) is 0 Å². The van der Waals surface area contributed by atoms with E-state index >= 15 is 0 Å². The van der Waals surface area contributed by atoms with E-state index in [1.807, 2.05) is 0 Å². The van der Waals surface area contributed by atoms with E-state index < -0.39 is 0 Å².